The molecule has 0 saturated carbocycles. The van der Waals surface area contributed by atoms with Gasteiger partial charge in [0.25, 0.3) is 5.91 Å². The second-order valence-corrected chi connectivity index (χ2v) is 11.9. The topological polar surface area (TPSA) is 279 Å². The van der Waals surface area contributed by atoms with E-state index < -0.39 is 71.5 Å². The molecular formula is C13H22N5O14P3. The van der Waals surface area contributed by atoms with Crippen LogP contribution in [0.1, 0.15) is 13.8 Å². The van der Waals surface area contributed by atoms with Gasteiger partial charge in [-0.05, 0) is 13.8 Å². The number of aliphatic hydroxyl groups excluding tert-OH is 1. The monoisotopic (exact) mass is 565 g/mol. The van der Waals surface area contributed by atoms with Crippen molar-refractivity contribution in [1.29, 1.82) is 5.41 Å². The first-order valence-electron chi connectivity index (χ1n) is 9.39. The van der Waals surface area contributed by atoms with Gasteiger partial charge in [-0.1, -0.05) is 0 Å². The minimum Gasteiger partial charge on any atom is -0.387 e. The number of carbonyl (C=O) groups is 1. The first-order valence-corrected chi connectivity index (χ1v) is 13.9. The van der Waals surface area contributed by atoms with Crippen LogP contribution < -0.4 is 5.32 Å². The first-order chi connectivity index (χ1) is 15.9. The fraction of sp³-hybridized carbons (Fsp3) is 0.692. The Morgan fingerprint density at radius 1 is 1.23 bits per heavy atom. The SMILES string of the molecule is CO[C@H]1[C@H](N2C=NC3C(=O)NC(=N)N=C32)O[C@](C)([C@H](C)OP(=O)(O)OP(=O)(O)OP(=O)(O)O)[C@H]1O. The molecule has 0 bridgehead atoms. The number of hydrogen-bond acceptors (Lipinski definition) is 13. The number of fused-ring (bicyclic) bond motifs is 1. The van der Waals surface area contributed by atoms with Gasteiger partial charge >= 0.3 is 23.5 Å². The average Bonchev–Trinajstić information content (AvgIpc) is 3.18. The molecule has 19 nitrogen and oxygen atoms in total. The smallest absolute Gasteiger partial charge is 0.387 e. The number of methoxy groups -OCH3 is 1. The van der Waals surface area contributed by atoms with Gasteiger partial charge in [-0.2, -0.15) is 13.6 Å². The van der Waals surface area contributed by atoms with E-state index in [1.54, 1.807) is 0 Å². The maximum absolute atomic E-state index is 12.2. The van der Waals surface area contributed by atoms with Gasteiger partial charge in [0, 0.05) is 7.11 Å². The van der Waals surface area contributed by atoms with Gasteiger partial charge in [0.05, 0.1) is 12.4 Å². The molecule has 35 heavy (non-hydrogen) atoms. The van der Waals surface area contributed by atoms with Crippen LogP contribution in [-0.4, -0.2) is 96.9 Å². The largest absolute Gasteiger partial charge is 0.490 e. The molecule has 3 aliphatic heterocycles. The molecule has 1 amide bonds. The average molecular weight is 565 g/mol. The number of nitrogens with one attached hydrogen (secondary N) is 2. The normalized spacial score (nSPS) is 35.2. The Kier molecular flexibility index (Phi) is 7.61. The van der Waals surface area contributed by atoms with Crippen molar-refractivity contribution in [1.82, 2.24) is 10.2 Å². The van der Waals surface area contributed by atoms with E-state index in [0.29, 0.717) is 0 Å². The predicted molar refractivity (Wildman–Crippen MR) is 112 cm³/mol. The molecule has 8 atom stereocenters. The highest BCUT2D eigenvalue weighted by atomic mass is 31.3. The van der Waals surface area contributed by atoms with E-state index in [1.165, 1.54) is 25.3 Å². The van der Waals surface area contributed by atoms with E-state index in [0.717, 1.165) is 6.92 Å². The van der Waals surface area contributed by atoms with Crippen molar-refractivity contribution in [3.8, 4) is 0 Å². The van der Waals surface area contributed by atoms with Crippen molar-refractivity contribution in [3.05, 3.63) is 0 Å². The van der Waals surface area contributed by atoms with Crippen LogP contribution in [0.25, 0.3) is 0 Å². The summed E-state index contributed by atoms with van der Waals surface area (Å²) in [6.07, 6.45) is -4.46. The van der Waals surface area contributed by atoms with Crippen molar-refractivity contribution in [2.75, 3.05) is 7.11 Å². The maximum Gasteiger partial charge on any atom is 0.490 e. The molecule has 3 aliphatic rings. The Bertz CT molecular complexity index is 1110. The number of ether oxygens (including phenoxy) is 2. The number of rotatable bonds is 9. The number of nitrogens with zero attached hydrogens (tertiary/aromatic N) is 3. The third-order valence-electron chi connectivity index (χ3n) is 5.18. The minimum absolute atomic E-state index is 0.0113. The summed E-state index contributed by atoms with van der Waals surface area (Å²) in [5.41, 5.74) is -1.88. The number of hydrogen-bond donors (Lipinski definition) is 7. The Balaban J connectivity index is 1.81. The molecule has 1 fully saturated rings. The molecule has 7 N–H and O–H groups in total. The van der Waals surface area contributed by atoms with Gasteiger partial charge in [0.1, 0.15) is 17.8 Å². The van der Waals surface area contributed by atoms with Crippen LogP contribution in [0.5, 0.6) is 0 Å². The number of aliphatic hydroxyl groups is 1. The molecular weight excluding hydrogens is 543 g/mol. The lowest BCUT2D eigenvalue weighted by atomic mass is 9.92. The zero-order valence-corrected chi connectivity index (χ0v) is 20.7. The third-order valence-corrected chi connectivity index (χ3v) is 9.09. The van der Waals surface area contributed by atoms with Gasteiger partial charge in [0.2, 0.25) is 5.96 Å². The number of guanidine groups is 1. The molecule has 0 aromatic carbocycles. The summed E-state index contributed by atoms with van der Waals surface area (Å²) in [5.74, 6) is -1.11. The molecule has 198 valence electrons. The number of amidine groups is 1. The molecule has 3 unspecified atom stereocenters. The van der Waals surface area contributed by atoms with E-state index in [4.69, 9.17) is 29.2 Å². The molecule has 0 aromatic rings. The molecule has 1 saturated heterocycles. The molecule has 3 rings (SSSR count). The number of phosphoric acid groups is 3. The zero-order chi connectivity index (χ0) is 26.6. The van der Waals surface area contributed by atoms with Crippen molar-refractivity contribution in [2.24, 2.45) is 9.98 Å². The highest BCUT2D eigenvalue weighted by Gasteiger charge is 2.60. The molecule has 3 heterocycles. The van der Waals surface area contributed by atoms with Crippen molar-refractivity contribution in [3.63, 3.8) is 0 Å². The van der Waals surface area contributed by atoms with Gasteiger partial charge in [-0.3, -0.25) is 29.9 Å². The third kappa shape index (κ3) is 5.94. The van der Waals surface area contributed by atoms with Crippen molar-refractivity contribution < 1.29 is 65.8 Å². The first kappa shape index (κ1) is 28.1. The van der Waals surface area contributed by atoms with E-state index in [2.05, 4.69) is 23.9 Å². The summed E-state index contributed by atoms with van der Waals surface area (Å²) in [7, 11) is -15.7. The van der Waals surface area contributed by atoms with Crippen LogP contribution in [-0.2, 0) is 41.1 Å². The lowest BCUT2D eigenvalue weighted by Gasteiger charge is -2.35. The minimum atomic E-state index is -5.76. The van der Waals surface area contributed by atoms with Crippen LogP contribution in [0, 0.1) is 5.41 Å². The zero-order valence-electron chi connectivity index (χ0n) is 18.1. The fourth-order valence-corrected chi connectivity index (χ4v) is 6.78. The van der Waals surface area contributed by atoms with E-state index in [9.17, 15) is 33.4 Å². The Labute approximate surface area is 196 Å². The van der Waals surface area contributed by atoms with Crippen LogP contribution in [0.2, 0.25) is 0 Å². The van der Waals surface area contributed by atoms with Gasteiger partial charge < -0.3 is 34.2 Å². The Morgan fingerprint density at radius 2 is 1.86 bits per heavy atom. The van der Waals surface area contributed by atoms with Crippen molar-refractivity contribution in [2.45, 2.75) is 50.0 Å². The van der Waals surface area contributed by atoms with Crippen LogP contribution in [0.15, 0.2) is 9.98 Å². The summed E-state index contributed by atoms with van der Waals surface area (Å²) in [6, 6.07) is -1.10. The molecule has 0 spiro atoms. The Hall–Kier alpha value is -1.43. The summed E-state index contributed by atoms with van der Waals surface area (Å²) in [4.78, 5) is 57.6. The standard InChI is InChI=1S/C13H22N5O14P3/c1-5(30-34(24,25)32-35(26,27)31-33(21,22)23)13(2)8(19)7(28-3)11(29-13)18-4-15-6-9(18)16-12(14)17-10(6)20/h4-8,11,19H,1-3H3,(H,24,25)(H,26,27)(H2,14,17,20)(H2,21,22,23)/t5-,6?,7+,8-,11+,13+/m0/s1. The maximum atomic E-state index is 12.2. The van der Waals surface area contributed by atoms with Crippen LogP contribution in [0.3, 0.4) is 0 Å². The second-order valence-electron chi connectivity index (χ2n) is 7.56. The fourth-order valence-electron chi connectivity index (χ4n) is 3.51. The lowest BCUT2D eigenvalue weighted by molar-refractivity contribution is -0.142. The second kappa shape index (κ2) is 9.46. The van der Waals surface area contributed by atoms with Crippen molar-refractivity contribution >= 4 is 47.5 Å². The summed E-state index contributed by atoms with van der Waals surface area (Å²) in [5, 5.41) is 20.7. The summed E-state index contributed by atoms with van der Waals surface area (Å²) >= 11 is 0. The number of carbonyl (C=O) groups excluding carboxylic acids is 1. The van der Waals surface area contributed by atoms with E-state index in [-0.39, 0.29) is 5.84 Å². The Morgan fingerprint density at radius 3 is 2.43 bits per heavy atom. The molecule has 0 aliphatic carbocycles. The number of aliphatic imine (C=N–C) groups is 2. The lowest BCUT2D eigenvalue weighted by Crippen LogP contribution is -2.53. The summed E-state index contributed by atoms with van der Waals surface area (Å²) in [6.45, 7) is 2.36. The number of amides is 1. The van der Waals surface area contributed by atoms with Crippen LogP contribution in [0.4, 0.5) is 0 Å². The highest BCUT2D eigenvalue weighted by Crippen LogP contribution is 2.67. The predicted octanol–water partition coefficient (Wildman–Crippen LogP) is -1.62. The summed E-state index contributed by atoms with van der Waals surface area (Å²) < 4.78 is 57.9. The molecule has 0 radical (unpaired) electrons. The van der Waals surface area contributed by atoms with Gasteiger partial charge in [-0.15, -0.1) is 0 Å². The molecule has 22 heteroatoms. The van der Waals surface area contributed by atoms with Crippen LogP contribution >= 0.6 is 23.5 Å². The number of phosphoric ester groups is 1. The molecule has 0 aromatic heterocycles. The quantitative estimate of drug-likeness (QED) is 0.155. The van der Waals surface area contributed by atoms with Gasteiger partial charge in [-0.25, -0.2) is 13.7 Å². The van der Waals surface area contributed by atoms with Gasteiger partial charge in [0.15, 0.2) is 18.1 Å². The van der Waals surface area contributed by atoms with E-state index >= 15 is 0 Å². The highest BCUT2D eigenvalue weighted by molar-refractivity contribution is 7.66. The van der Waals surface area contributed by atoms with E-state index in [1.807, 2.05) is 0 Å².